The molecule has 0 bridgehead atoms. The topological polar surface area (TPSA) is 16.3 Å². The lowest BCUT2D eigenvalue weighted by atomic mass is 9.95. The Morgan fingerprint density at radius 2 is 0.613 bits per heavy atom. The Morgan fingerprint density at radius 1 is 0.237 bits per heavy atom. The van der Waals surface area contributed by atoms with Gasteiger partial charge in [-0.3, -0.25) is 0 Å². The van der Waals surface area contributed by atoms with Gasteiger partial charge in [0.15, 0.2) is 0 Å². The Morgan fingerprint density at radius 3 is 1.18 bits per heavy atom. The highest BCUT2D eigenvalue weighted by molar-refractivity contribution is 6.26. The summed E-state index contributed by atoms with van der Waals surface area (Å²) in [5.41, 5.74) is 21.2. The van der Waals surface area contributed by atoms with Crippen LogP contribution in [0, 0.1) is 0 Å². The predicted molar refractivity (Wildman–Crippen MR) is 341 cm³/mol. The summed E-state index contributed by atoms with van der Waals surface area (Å²) in [5.74, 6) is 0. The van der Waals surface area contributed by atoms with Crippen molar-refractivity contribution in [2.45, 2.75) is 0 Å². The van der Waals surface area contributed by atoms with E-state index in [4.69, 9.17) is 0 Å². The molecule has 4 nitrogen and oxygen atoms in total. The fourth-order valence-corrected chi connectivity index (χ4v) is 12.6. The van der Waals surface area contributed by atoms with Gasteiger partial charge in [0.25, 0.3) is 0 Å². The van der Waals surface area contributed by atoms with Crippen LogP contribution in [0.15, 0.2) is 291 Å². The summed E-state index contributed by atoms with van der Waals surface area (Å²) in [6, 6.07) is 106. The number of rotatable bonds is 10. The molecule has 13 aromatic carbocycles. The molecule has 0 fully saturated rings. The number of benzene rings is 13. The van der Waals surface area contributed by atoms with Crippen molar-refractivity contribution in [1.82, 2.24) is 9.13 Å². The van der Waals surface area contributed by atoms with Crippen LogP contribution >= 0.6 is 0 Å². The van der Waals surface area contributed by atoms with Crippen molar-refractivity contribution in [3.05, 3.63) is 291 Å². The molecule has 15 rings (SSSR count). The number of fused-ring (bicyclic) bond motifs is 10. The van der Waals surface area contributed by atoms with Gasteiger partial charge in [0.1, 0.15) is 0 Å². The lowest BCUT2D eigenvalue weighted by Crippen LogP contribution is -2.10. The van der Waals surface area contributed by atoms with Gasteiger partial charge in [-0.1, -0.05) is 200 Å². The van der Waals surface area contributed by atoms with Gasteiger partial charge in [-0.2, -0.15) is 0 Å². The first-order valence-electron chi connectivity index (χ1n) is 27.5. The number of anilines is 4. The van der Waals surface area contributed by atoms with E-state index in [0.29, 0.717) is 0 Å². The van der Waals surface area contributed by atoms with Crippen LogP contribution in [-0.2, 0) is 0 Å². The van der Waals surface area contributed by atoms with Crippen LogP contribution in [0.4, 0.5) is 22.7 Å². The highest BCUT2D eigenvalue weighted by Gasteiger charge is 2.21. The number of hydrogen-bond donors (Lipinski definition) is 0. The number of aromatic nitrogens is 2. The van der Waals surface area contributed by atoms with E-state index >= 15 is 0 Å². The fraction of sp³-hybridized carbons (Fsp3) is 0.0263. The molecule has 0 radical (unpaired) electrons. The summed E-state index contributed by atoms with van der Waals surface area (Å²) >= 11 is 0. The van der Waals surface area contributed by atoms with Crippen LogP contribution < -0.4 is 9.80 Å². The maximum absolute atomic E-state index is 2.45. The van der Waals surface area contributed by atoms with Crippen molar-refractivity contribution in [1.29, 1.82) is 0 Å². The largest absolute Gasteiger partial charge is 0.345 e. The summed E-state index contributed by atoms with van der Waals surface area (Å²) in [6.07, 6.45) is 0. The second-order valence-electron chi connectivity index (χ2n) is 21.0. The molecule has 0 spiro atoms. The van der Waals surface area contributed by atoms with Crippen molar-refractivity contribution >= 4 is 87.9 Å². The second-order valence-corrected chi connectivity index (χ2v) is 21.0. The number of nitrogens with zero attached hydrogens (tertiary/aromatic N) is 4. The quantitative estimate of drug-likeness (QED) is 0.136. The zero-order valence-electron chi connectivity index (χ0n) is 44.5. The van der Waals surface area contributed by atoms with Crippen LogP contribution in [0.3, 0.4) is 0 Å². The Hall–Kier alpha value is -10.4. The minimum atomic E-state index is 1.12. The molecule has 0 aliphatic heterocycles. The molecule has 0 saturated carbocycles. The van der Waals surface area contributed by atoms with Crippen LogP contribution in [0.5, 0.6) is 0 Å². The molecule has 0 atom stereocenters. The first-order chi connectivity index (χ1) is 39.5. The van der Waals surface area contributed by atoms with Crippen molar-refractivity contribution < 1.29 is 0 Å². The van der Waals surface area contributed by atoms with Crippen molar-refractivity contribution in [2.24, 2.45) is 0 Å². The standard InChI is InChI=1S/C76H54N4/c1-77(58-19-5-3-6-20-58)59-43-35-52(36-44-59)51-31-33-56(34-32-51)66-26-15-30-70-73(66)76-65-25-12-10-18-54(65)42-50-72(76)80(70)62-47-39-55(40-48-62)63-23-13-14-28-68(63)78(2)60-45-37-57(38-46-60)67-27-16-29-69-74(67)75-64-24-11-9-17-53(64)41-49-71(75)79(69)61-21-7-4-8-22-61/h3-50H,1-2H3. The summed E-state index contributed by atoms with van der Waals surface area (Å²) in [4.78, 5) is 4.54. The van der Waals surface area contributed by atoms with Gasteiger partial charge in [0, 0.05) is 75.3 Å². The van der Waals surface area contributed by atoms with Crippen molar-refractivity contribution in [2.75, 3.05) is 23.9 Å². The third-order valence-corrected chi connectivity index (χ3v) is 16.6. The molecule has 2 aromatic heterocycles. The molecule has 0 amide bonds. The van der Waals surface area contributed by atoms with Crippen LogP contribution in [0.1, 0.15) is 0 Å². The molecule has 0 aliphatic carbocycles. The average molecular weight is 1020 g/mol. The smallest absolute Gasteiger partial charge is 0.0547 e. The Bertz CT molecular complexity index is 4800. The van der Waals surface area contributed by atoms with E-state index in [1.807, 2.05) is 0 Å². The van der Waals surface area contributed by atoms with Crippen molar-refractivity contribution in [3.8, 4) is 55.9 Å². The Kier molecular flexibility index (Phi) is 11.3. The van der Waals surface area contributed by atoms with E-state index in [1.165, 1.54) is 104 Å². The third kappa shape index (κ3) is 7.75. The highest BCUT2D eigenvalue weighted by atomic mass is 15.1. The van der Waals surface area contributed by atoms with Gasteiger partial charge in [0.2, 0.25) is 0 Å². The molecule has 4 heteroatoms. The maximum Gasteiger partial charge on any atom is 0.0547 e. The van der Waals surface area contributed by atoms with E-state index in [1.54, 1.807) is 0 Å². The Labute approximate surface area is 465 Å². The lowest BCUT2D eigenvalue weighted by Gasteiger charge is -2.23. The minimum absolute atomic E-state index is 1.12. The predicted octanol–water partition coefficient (Wildman–Crippen LogP) is 20.4. The summed E-state index contributed by atoms with van der Waals surface area (Å²) < 4.78 is 4.87. The molecule has 0 unspecified atom stereocenters. The van der Waals surface area contributed by atoms with Gasteiger partial charge < -0.3 is 18.9 Å². The average Bonchev–Trinajstić information content (AvgIpc) is 4.30. The second kappa shape index (κ2) is 19.2. The molecule has 0 N–H and O–H groups in total. The maximum atomic E-state index is 2.45. The van der Waals surface area contributed by atoms with E-state index in [9.17, 15) is 0 Å². The van der Waals surface area contributed by atoms with Crippen LogP contribution in [-0.4, -0.2) is 23.2 Å². The summed E-state index contributed by atoms with van der Waals surface area (Å²) in [6.45, 7) is 0. The molecule has 378 valence electrons. The molecule has 80 heavy (non-hydrogen) atoms. The van der Waals surface area contributed by atoms with Crippen LogP contribution in [0.2, 0.25) is 0 Å². The SMILES string of the molecule is CN(c1ccccc1)c1ccc(-c2ccc(-c3cccc4c3c3c5ccccc5ccc3n4-c3ccc(-c4ccccc4N(C)c4ccc(-c5cccc6c5c5c7ccccc7ccc5n6-c5ccccc5)cc4)cc3)cc2)cc1. The van der Waals surface area contributed by atoms with E-state index in [2.05, 4.69) is 324 Å². The summed E-state index contributed by atoms with van der Waals surface area (Å²) in [5, 5.41) is 10.1. The molecule has 2 heterocycles. The zero-order valence-corrected chi connectivity index (χ0v) is 44.5. The monoisotopic (exact) mass is 1020 g/mol. The third-order valence-electron chi connectivity index (χ3n) is 16.6. The lowest BCUT2D eigenvalue weighted by molar-refractivity contribution is 1.18. The zero-order chi connectivity index (χ0) is 53.3. The Balaban J connectivity index is 0.763. The minimum Gasteiger partial charge on any atom is -0.345 e. The van der Waals surface area contributed by atoms with Crippen LogP contribution in [0.25, 0.3) is 121 Å². The van der Waals surface area contributed by atoms with E-state index in [-0.39, 0.29) is 0 Å². The normalized spacial score (nSPS) is 11.6. The number of para-hydroxylation sites is 3. The first kappa shape index (κ1) is 46.8. The molecule has 0 aliphatic rings. The van der Waals surface area contributed by atoms with Gasteiger partial charge in [-0.25, -0.2) is 0 Å². The van der Waals surface area contributed by atoms with Crippen molar-refractivity contribution in [3.63, 3.8) is 0 Å². The fourth-order valence-electron chi connectivity index (χ4n) is 12.6. The molecule has 15 aromatic rings. The van der Waals surface area contributed by atoms with Gasteiger partial charge >= 0.3 is 0 Å². The number of hydrogen-bond acceptors (Lipinski definition) is 2. The molecular formula is C76H54N4. The van der Waals surface area contributed by atoms with Gasteiger partial charge in [-0.05, 0) is 151 Å². The molecular weight excluding hydrogens is 969 g/mol. The highest BCUT2D eigenvalue weighted by Crippen LogP contribution is 2.45. The first-order valence-corrected chi connectivity index (χ1v) is 27.5. The van der Waals surface area contributed by atoms with Gasteiger partial charge in [-0.15, -0.1) is 0 Å². The summed E-state index contributed by atoms with van der Waals surface area (Å²) in [7, 11) is 4.30. The van der Waals surface area contributed by atoms with E-state index in [0.717, 1.165) is 39.7 Å². The van der Waals surface area contributed by atoms with E-state index < -0.39 is 0 Å². The van der Waals surface area contributed by atoms with Gasteiger partial charge in [0.05, 0.1) is 22.1 Å². The molecule has 0 saturated heterocycles.